The largest absolute Gasteiger partial charge is 0.335 e. The highest BCUT2D eigenvalue weighted by Gasteiger charge is 2.17. The van der Waals surface area contributed by atoms with Crippen molar-refractivity contribution in [3.8, 4) is 0 Å². The van der Waals surface area contributed by atoms with Crippen LogP contribution in [0.3, 0.4) is 0 Å². The molecule has 0 heterocycles. The smallest absolute Gasteiger partial charge is 0.298 e. The molecule has 0 aliphatic rings. The van der Waals surface area contributed by atoms with Gasteiger partial charge < -0.3 is 0 Å². The van der Waals surface area contributed by atoms with Crippen LogP contribution in [0.1, 0.15) is 10.4 Å². The van der Waals surface area contributed by atoms with Crippen molar-refractivity contribution in [2.75, 3.05) is 0 Å². The average molecular weight is 206 g/mol. The highest BCUT2D eigenvalue weighted by atomic mass is 32.3. The number of benzene rings is 1. The Balaban J connectivity index is 3.44. The van der Waals surface area contributed by atoms with Crippen LogP contribution < -0.4 is 0 Å². The quantitative estimate of drug-likeness (QED) is 0.541. The summed E-state index contributed by atoms with van der Waals surface area (Å²) >= 11 is 0. The summed E-state index contributed by atoms with van der Waals surface area (Å²) in [6.45, 7) is 0. The van der Waals surface area contributed by atoms with Crippen LogP contribution in [0.2, 0.25) is 0 Å². The van der Waals surface area contributed by atoms with E-state index in [0.29, 0.717) is 12.4 Å². The molecule has 0 fully saturated rings. The highest BCUT2D eigenvalue weighted by Crippen LogP contribution is 2.17. The van der Waals surface area contributed by atoms with Crippen molar-refractivity contribution in [1.29, 1.82) is 0 Å². The standard InChI is InChI=1S/C7H4F2O3S/c8-6-2-1-5(4-10)3-7(6)13(9,11)12/h1-4H. The van der Waals surface area contributed by atoms with Gasteiger partial charge in [0.05, 0.1) is 0 Å². The molecule has 0 aliphatic heterocycles. The molecule has 0 saturated heterocycles. The summed E-state index contributed by atoms with van der Waals surface area (Å²) in [6, 6.07) is 2.41. The lowest BCUT2D eigenvalue weighted by Gasteiger charge is -1.97. The lowest BCUT2D eigenvalue weighted by molar-refractivity contribution is 0.112. The van der Waals surface area contributed by atoms with Gasteiger partial charge >= 0.3 is 10.2 Å². The fourth-order valence-corrected chi connectivity index (χ4v) is 1.36. The van der Waals surface area contributed by atoms with Gasteiger partial charge in [-0.2, -0.15) is 8.42 Å². The number of halogens is 2. The van der Waals surface area contributed by atoms with Crippen LogP contribution in [0, 0.1) is 5.82 Å². The molecule has 0 aromatic heterocycles. The predicted octanol–water partition coefficient (Wildman–Crippen LogP) is 1.30. The third-order valence-electron chi connectivity index (χ3n) is 1.35. The minimum atomic E-state index is -5.10. The first-order valence-corrected chi connectivity index (χ1v) is 4.53. The maximum atomic E-state index is 12.7. The Hall–Kier alpha value is -1.30. The summed E-state index contributed by atoms with van der Waals surface area (Å²) in [4.78, 5) is 9.04. The van der Waals surface area contributed by atoms with Crippen molar-refractivity contribution in [1.82, 2.24) is 0 Å². The third kappa shape index (κ3) is 2.09. The second-order valence-electron chi connectivity index (χ2n) is 2.25. The van der Waals surface area contributed by atoms with Crippen LogP contribution in [0.25, 0.3) is 0 Å². The minimum absolute atomic E-state index is 0.0994. The van der Waals surface area contributed by atoms with Crippen molar-refractivity contribution in [3.05, 3.63) is 29.6 Å². The Morgan fingerprint density at radius 2 is 1.92 bits per heavy atom. The number of carbonyl (C=O) groups excluding carboxylic acids is 1. The van der Waals surface area contributed by atoms with Crippen molar-refractivity contribution in [2.45, 2.75) is 4.90 Å². The number of hydrogen-bond donors (Lipinski definition) is 0. The zero-order valence-corrected chi connectivity index (χ0v) is 7.01. The zero-order valence-electron chi connectivity index (χ0n) is 6.20. The van der Waals surface area contributed by atoms with Gasteiger partial charge in [0.15, 0.2) is 0 Å². The third-order valence-corrected chi connectivity index (χ3v) is 2.19. The van der Waals surface area contributed by atoms with Gasteiger partial charge in [-0.25, -0.2) is 4.39 Å². The molecule has 0 unspecified atom stereocenters. The number of carbonyl (C=O) groups is 1. The van der Waals surface area contributed by atoms with Gasteiger partial charge in [0.1, 0.15) is 17.0 Å². The molecular weight excluding hydrogens is 202 g/mol. The van der Waals surface area contributed by atoms with E-state index >= 15 is 0 Å². The second-order valence-corrected chi connectivity index (χ2v) is 3.56. The SMILES string of the molecule is O=Cc1ccc(F)c(S(=O)(=O)F)c1. The van der Waals surface area contributed by atoms with Crippen LogP contribution >= 0.6 is 0 Å². The molecule has 0 N–H and O–H groups in total. The lowest BCUT2D eigenvalue weighted by Crippen LogP contribution is -1.97. The first-order chi connectivity index (χ1) is 5.95. The lowest BCUT2D eigenvalue weighted by atomic mass is 10.2. The number of rotatable bonds is 2. The van der Waals surface area contributed by atoms with E-state index in [1.165, 1.54) is 0 Å². The summed E-state index contributed by atoms with van der Waals surface area (Å²) in [5.41, 5.74) is -0.0994. The number of aldehydes is 1. The first-order valence-electron chi connectivity index (χ1n) is 3.14. The Labute approximate surface area is 73.2 Å². The predicted molar refractivity (Wildman–Crippen MR) is 40.1 cm³/mol. The summed E-state index contributed by atoms with van der Waals surface area (Å²) in [5, 5.41) is 0. The van der Waals surface area contributed by atoms with Crippen molar-refractivity contribution < 1.29 is 21.5 Å². The zero-order chi connectivity index (χ0) is 10.1. The Morgan fingerprint density at radius 3 is 2.38 bits per heavy atom. The fraction of sp³-hybridized carbons (Fsp3) is 0. The van der Waals surface area contributed by atoms with E-state index in [0.717, 1.165) is 12.1 Å². The van der Waals surface area contributed by atoms with Gasteiger partial charge in [0, 0.05) is 5.56 Å². The Morgan fingerprint density at radius 1 is 1.31 bits per heavy atom. The number of hydrogen-bond acceptors (Lipinski definition) is 3. The maximum absolute atomic E-state index is 12.7. The average Bonchev–Trinajstić information content (AvgIpc) is 2.03. The van der Waals surface area contributed by atoms with E-state index in [9.17, 15) is 21.5 Å². The van der Waals surface area contributed by atoms with Gasteiger partial charge in [-0.3, -0.25) is 4.79 Å². The van der Waals surface area contributed by atoms with Crippen LogP contribution in [0.5, 0.6) is 0 Å². The van der Waals surface area contributed by atoms with E-state index in [1.807, 2.05) is 0 Å². The first kappa shape index (κ1) is 9.79. The van der Waals surface area contributed by atoms with Gasteiger partial charge in [0.2, 0.25) is 0 Å². The normalized spacial score (nSPS) is 11.2. The molecule has 6 heteroatoms. The summed E-state index contributed by atoms with van der Waals surface area (Å²) in [6.07, 6.45) is 0.300. The molecular formula is C7H4F2O3S. The van der Waals surface area contributed by atoms with Crippen LogP contribution in [0.4, 0.5) is 8.28 Å². The highest BCUT2D eigenvalue weighted by molar-refractivity contribution is 7.86. The molecule has 0 atom stereocenters. The van der Waals surface area contributed by atoms with E-state index in [2.05, 4.69) is 0 Å². The Bertz CT molecular complexity index is 439. The van der Waals surface area contributed by atoms with Crippen LogP contribution in [0.15, 0.2) is 23.1 Å². The molecule has 1 rings (SSSR count). The van der Waals surface area contributed by atoms with Crippen molar-refractivity contribution >= 4 is 16.5 Å². The van der Waals surface area contributed by atoms with Gasteiger partial charge in [0.25, 0.3) is 0 Å². The summed E-state index contributed by atoms with van der Waals surface area (Å²) < 4.78 is 45.6. The Kier molecular flexibility index (Phi) is 2.42. The molecule has 0 saturated carbocycles. The molecule has 0 spiro atoms. The molecule has 1 aromatic rings. The molecule has 3 nitrogen and oxygen atoms in total. The molecule has 0 bridgehead atoms. The van der Waals surface area contributed by atoms with Crippen LogP contribution in [-0.2, 0) is 10.2 Å². The van der Waals surface area contributed by atoms with E-state index in [-0.39, 0.29) is 5.56 Å². The van der Waals surface area contributed by atoms with Crippen molar-refractivity contribution in [2.24, 2.45) is 0 Å². The van der Waals surface area contributed by atoms with E-state index in [1.54, 1.807) is 0 Å². The fourth-order valence-electron chi connectivity index (χ4n) is 0.780. The molecule has 70 valence electrons. The monoisotopic (exact) mass is 206 g/mol. The van der Waals surface area contributed by atoms with Gasteiger partial charge in [-0.15, -0.1) is 3.89 Å². The van der Waals surface area contributed by atoms with E-state index < -0.39 is 20.9 Å². The molecule has 0 aliphatic carbocycles. The molecule has 0 radical (unpaired) electrons. The summed E-state index contributed by atoms with van der Waals surface area (Å²) in [7, 11) is -5.10. The topological polar surface area (TPSA) is 51.2 Å². The minimum Gasteiger partial charge on any atom is -0.298 e. The van der Waals surface area contributed by atoms with Gasteiger partial charge in [-0.05, 0) is 18.2 Å². The van der Waals surface area contributed by atoms with E-state index in [4.69, 9.17) is 0 Å². The second kappa shape index (κ2) is 3.21. The molecule has 1 aromatic carbocycles. The summed E-state index contributed by atoms with van der Waals surface area (Å²) in [5.74, 6) is -1.21. The molecule has 0 amide bonds. The molecule has 13 heavy (non-hydrogen) atoms. The van der Waals surface area contributed by atoms with Gasteiger partial charge in [-0.1, -0.05) is 0 Å². The maximum Gasteiger partial charge on any atom is 0.335 e. The van der Waals surface area contributed by atoms with Crippen LogP contribution in [-0.4, -0.2) is 14.7 Å². The van der Waals surface area contributed by atoms with Crippen molar-refractivity contribution in [3.63, 3.8) is 0 Å².